The number of primary amides is 1. The predicted molar refractivity (Wildman–Crippen MR) is 187 cm³/mol. The minimum Gasteiger partial charge on any atom is -0.453 e. The molecule has 1 fully saturated rings. The molecule has 0 saturated heterocycles. The van der Waals surface area contributed by atoms with Crippen molar-refractivity contribution in [3.63, 3.8) is 0 Å². The number of carbonyl (C=O) groups is 3. The Morgan fingerprint density at radius 2 is 1.63 bits per heavy atom. The van der Waals surface area contributed by atoms with Gasteiger partial charge in [-0.15, -0.1) is 11.3 Å². The fraction of sp³-hybridized carbons (Fsp3) is 0.389. The van der Waals surface area contributed by atoms with Crippen LogP contribution in [0, 0.1) is 5.92 Å². The highest BCUT2D eigenvalue weighted by molar-refractivity contribution is 7.89. The molecule has 0 aliphatic heterocycles. The second-order valence-corrected chi connectivity index (χ2v) is 15.7. The topological polar surface area (TPSA) is 149 Å². The largest absolute Gasteiger partial charge is 0.453 e. The Bertz CT molecular complexity index is 1930. The second-order valence-electron chi connectivity index (χ2n) is 12.9. The van der Waals surface area contributed by atoms with Crippen LogP contribution in [0.25, 0.3) is 10.2 Å². The van der Waals surface area contributed by atoms with Crippen LogP contribution in [0.4, 0.5) is 22.4 Å². The van der Waals surface area contributed by atoms with Crippen LogP contribution in [-0.2, 0) is 24.3 Å². The maximum atomic E-state index is 15.6. The molecular weight excluding hydrogens is 725 g/mol. The summed E-state index contributed by atoms with van der Waals surface area (Å²) in [5, 5.41) is 2.51. The van der Waals surface area contributed by atoms with E-state index in [4.69, 9.17) is 10.5 Å². The Morgan fingerprint density at radius 1 is 1.02 bits per heavy atom. The first-order valence-electron chi connectivity index (χ1n) is 16.5. The van der Waals surface area contributed by atoms with Crippen LogP contribution in [0.3, 0.4) is 0 Å². The van der Waals surface area contributed by atoms with Crippen LogP contribution >= 0.6 is 11.3 Å². The zero-order chi connectivity index (χ0) is 37.7. The van der Waals surface area contributed by atoms with Crippen molar-refractivity contribution in [2.24, 2.45) is 11.7 Å². The lowest BCUT2D eigenvalue weighted by Gasteiger charge is -2.39. The Kier molecular flexibility index (Phi) is 12.0. The number of nitrogens with two attached hydrogens (primary N) is 1. The second kappa shape index (κ2) is 16.1. The standard InChI is InChI=1S/C36H38F4N4O6S2/c1-50-34(47)43-32(31(24-8-4-2-5-9-24)25-10-6-3-7-11-25)29(45)15-17-35(37,38)16-14-28(33(41)46)44(21-23-19-36(39,40)20-23)52(48,49)26-12-13-27-30(18-26)51-22-42-27/h2-13,18,22-23,28,31-32H,14-17,19-21H2,1H3,(H2,41,46)(H,43,47)/t28-,32+/m0/s1. The van der Waals surface area contributed by atoms with E-state index in [0.717, 1.165) is 18.4 Å². The van der Waals surface area contributed by atoms with Crippen molar-refractivity contribution < 1.29 is 45.1 Å². The van der Waals surface area contributed by atoms with E-state index in [0.29, 0.717) is 25.6 Å². The molecule has 5 rings (SSSR count). The molecule has 1 aliphatic carbocycles. The average Bonchev–Trinajstić information content (AvgIpc) is 3.58. The number of alkyl carbamates (subject to hydrolysis) is 1. The Balaban J connectivity index is 1.35. The first-order chi connectivity index (χ1) is 24.6. The number of sulfonamides is 1. The van der Waals surface area contributed by atoms with Gasteiger partial charge in [0.15, 0.2) is 5.78 Å². The fourth-order valence-corrected chi connectivity index (χ4v) is 9.01. The summed E-state index contributed by atoms with van der Waals surface area (Å²) < 4.78 is 92.6. The third-order valence-electron chi connectivity index (χ3n) is 9.18. The first-order valence-corrected chi connectivity index (χ1v) is 18.8. The van der Waals surface area contributed by atoms with E-state index in [2.05, 4.69) is 10.3 Å². The number of ketones is 1. The minimum atomic E-state index is -4.59. The van der Waals surface area contributed by atoms with Gasteiger partial charge in [0.2, 0.25) is 27.8 Å². The molecule has 4 aromatic rings. The normalized spacial score (nSPS) is 16.0. The number of thiazole rings is 1. The highest BCUT2D eigenvalue weighted by atomic mass is 32.2. The SMILES string of the molecule is COC(=O)N[C@H](C(=O)CCC(F)(F)CC[C@@H](C(N)=O)N(CC1CC(F)(F)C1)S(=O)(=O)c1ccc2ncsc2c1)C(c1ccccc1)c1ccccc1. The van der Waals surface area contributed by atoms with Gasteiger partial charge in [0.05, 0.1) is 27.7 Å². The van der Waals surface area contributed by atoms with E-state index < -0.39 is 109 Å². The van der Waals surface area contributed by atoms with Gasteiger partial charge in [-0.3, -0.25) is 9.59 Å². The van der Waals surface area contributed by atoms with Crippen molar-refractivity contribution >= 4 is 49.4 Å². The molecule has 0 unspecified atom stereocenters. The van der Waals surface area contributed by atoms with E-state index >= 15 is 8.78 Å². The van der Waals surface area contributed by atoms with Gasteiger partial charge < -0.3 is 15.8 Å². The maximum Gasteiger partial charge on any atom is 0.407 e. The fourth-order valence-electron chi connectivity index (χ4n) is 6.49. The van der Waals surface area contributed by atoms with Crippen LogP contribution in [0.1, 0.15) is 55.6 Å². The molecule has 2 atom stereocenters. The van der Waals surface area contributed by atoms with Crippen molar-refractivity contribution in [2.75, 3.05) is 13.7 Å². The number of aromatic nitrogens is 1. The number of nitrogens with one attached hydrogen (secondary N) is 1. The quantitative estimate of drug-likeness (QED) is 0.117. The lowest BCUT2D eigenvalue weighted by Crippen LogP contribution is -2.52. The zero-order valence-corrected chi connectivity index (χ0v) is 29.7. The van der Waals surface area contributed by atoms with E-state index in [-0.39, 0.29) is 4.90 Å². The van der Waals surface area contributed by atoms with Crippen molar-refractivity contribution in [2.45, 2.75) is 73.3 Å². The molecule has 2 amide bonds. The number of nitrogens with zero attached hydrogens (tertiary/aromatic N) is 2. The Hall–Kier alpha value is -4.41. The van der Waals surface area contributed by atoms with Gasteiger partial charge in [-0.1, -0.05) is 60.7 Å². The summed E-state index contributed by atoms with van der Waals surface area (Å²) in [7, 11) is -3.48. The summed E-state index contributed by atoms with van der Waals surface area (Å²) in [6.07, 6.45) is -5.71. The van der Waals surface area contributed by atoms with Crippen LogP contribution < -0.4 is 11.1 Å². The predicted octanol–water partition coefficient (Wildman–Crippen LogP) is 6.51. The molecule has 1 heterocycles. The van der Waals surface area contributed by atoms with Gasteiger partial charge >= 0.3 is 6.09 Å². The molecule has 3 N–H and O–H groups in total. The van der Waals surface area contributed by atoms with Gasteiger partial charge in [-0.2, -0.15) is 4.31 Å². The van der Waals surface area contributed by atoms with E-state index in [1.165, 1.54) is 23.7 Å². The van der Waals surface area contributed by atoms with Gasteiger partial charge in [0, 0.05) is 44.6 Å². The highest BCUT2D eigenvalue weighted by Gasteiger charge is 2.49. The van der Waals surface area contributed by atoms with E-state index in [9.17, 15) is 31.6 Å². The van der Waals surface area contributed by atoms with Crippen molar-refractivity contribution in [1.82, 2.24) is 14.6 Å². The molecule has 0 bridgehead atoms. The summed E-state index contributed by atoms with van der Waals surface area (Å²) >= 11 is 1.16. The third kappa shape index (κ3) is 9.33. The summed E-state index contributed by atoms with van der Waals surface area (Å²) in [6, 6.07) is 18.4. The smallest absolute Gasteiger partial charge is 0.407 e. The number of rotatable bonds is 17. The highest BCUT2D eigenvalue weighted by Crippen LogP contribution is 2.44. The number of fused-ring (bicyclic) bond motifs is 1. The number of carbonyl (C=O) groups excluding carboxylic acids is 3. The van der Waals surface area contributed by atoms with E-state index in [1.54, 1.807) is 60.7 Å². The molecule has 0 radical (unpaired) electrons. The average molecular weight is 763 g/mol. The lowest BCUT2D eigenvalue weighted by atomic mass is 9.81. The first kappa shape index (κ1) is 38.8. The van der Waals surface area contributed by atoms with Crippen LogP contribution in [-0.4, -0.2) is 73.1 Å². The number of alkyl halides is 4. The van der Waals surface area contributed by atoms with Crippen LogP contribution in [0.15, 0.2) is 89.3 Å². The number of halogens is 4. The molecule has 1 aromatic heterocycles. The number of ether oxygens (including phenoxy) is 1. The molecular formula is C36H38F4N4O6S2. The number of Topliss-reactive ketones (excluding diaryl/α,β-unsaturated/α-hetero) is 1. The molecule has 0 spiro atoms. The minimum absolute atomic E-state index is 0.269. The zero-order valence-electron chi connectivity index (χ0n) is 28.1. The van der Waals surface area contributed by atoms with Crippen LogP contribution in [0.2, 0.25) is 0 Å². The molecule has 16 heteroatoms. The lowest BCUT2D eigenvalue weighted by molar-refractivity contribution is -0.127. The summed E-state index contributed by atoms with van der Waals surface area (Å²) in [5.74, 6) is -10.2. The van der Waals surface area contributed by atoms with Gasteiger partial charge in [-0.05, 0) is 41.7 Å². The third-order valence-corrected chi connectivity index (χ3v) is 11.8. The van der Waals surface area contributed by atoms with E-state index in [1.807, 2.05) is 0 Å². The Morgan fingerprint density at radius 3 is 2.19 bits per heavy atom. The monoisotopic (exact) mass is 762 g/mol. The Labute approximate surface area is 302 Å². The molecule has 3 aromatic carbocycles. The molecule has 10 nitrogen and oxygen atoms in total. The summed E-state index contributed by atoms with van der Waals surface area (Å²) in [4.78, 5) is 42.7. The van der Waals surface area contributed by atoms with Gasteiger partial charge in [0.25, 0.3) is 0 Å². The summed E-state index contributed by atoms with van der Waals surface area (Å²) in [5.41, 5.74) is 8.91. The van der Waals surface area contributed by atoms with Crippen molar-refractivity contribution in [3.05, 3.63) is 95.5 Å². The number of hydrogen-bond donors (Lipinski definition) is 2. The molecule has 278 valence electrons. The van der Waals surface area contributed by atoms with Gasteiger partial charge in [-0.25, -0.2) is 35.8 Å². The number of amides is 2. The number of benzene rings is 3. The maximum absolute atomic E-state index is 15.6. The number of hydrogen-bond acceptors (Lipinski definition) is 8. The van der Waals surface area contributed by atoms with Crippen molar-refractivity contribution in [3.8, 4) is 0 Å². The number of methoxy groups -OCH3 is 1. The van der Waals surface area contributed by atoms with Crippen molar-refractivity contribution in [1.29, 1.82) is 0 Å². The summed E-state index contributed by atoms with van der Waals surface area (Å²) in [6.45, 7) is -0.530. The molecule has 1 saturated carbocycles. The van der Waals surface area contributed by atoms with Gasteiger partial charge in [0.1, 0.15) is 12.1 Å². The van der Waals surface area contributed by atoms with Crippen LogP contribution in [0.5, 0.6) is 0 Å². The molecule has 52 heavy (non-hydrogen) atoms. The molecule has 1 aliphatic rings.